The number of carbonyl (C=O) groups is 2. The van der Waals surface area contributed by atoms with Gasteiger partial charge in [-0.15, -0.1) is 0 Å². The quantitative estimate of drug-likeness (QED) is 0.281. The van der Waals surface area contributed by atoms with Crippen molar-refractivity contribution >= 4 is 39.2 Å². The van der Waals surface area contributed by atoms with Gasteiger partial charge in [-0.2, -0.15) is 0 Å². The fourth-order valence-electron chi connectivity index (χ4n) is 3.29. The average molecular weight is 497 g/mol. The first-order chi connectivity index (χ1) is 16.6. The number of hydrogen-bond acceptors (Lipinski definition) is 7. The van der Waals surface area contributed by atoms with Crippen molar-refractivity contribution < 1.29 is 19.2 Å². The number of ether oxygens (including phenoxy) is 1. The molecule has 0 aliphatic carbocycles. The van der Waals surface area contributed by atoms with Crippen molar-refractivity contribution in [2.45, 2.75) is 46.1 Å². The van der Waals surface area contributed by atoms with E-state index in [1.54, 1.807) is 23.1 Å². The lowest BCUT2D eigenvalue weighted by Gasteiger charge is -2.28. The molecule has 10 heteroatoms. The highest BCUT2D eigenvalue weighted by Gasteiger charge is 2.25. The molecule has 184 valence electrons. The first kappa shape index (κ1) is 25.8. The van der Waals surface area contributed by atoms with Gasteiger partial charge in [0.05, 0.1) is 4.92 Å². The predicted molar refractivity (Wildman–Crippen MR) is 137 cm³/mol. The van der Waals surface area contributed by atoms with Gasteiger partial charge in [0.1, 0.15) is 11.8 Å². The van der Waals surface area contributed by atoms with Gasteiger partial charge in [0.2, 0.25) is 0 Å². The summed E-state index contributed by atoms with van der Waals surface area (Å²) in [6, 6.07) is 14.4. The number of unbranched alkanes of at least 4 members (excludes halogenated alkanes) is 1. The number of nitrogens with zero attached hydrogens (tertiary/aromatic N) is 3. The van der Waals surface area contributed by atoms with Crippen LogP contribution in [0.3, 0.4) is 0 Å². The van der Waals surface area contributed by atoms with Crippen LogP contribution in [0, 0.1) is 10.1 Å². The van der Waals surface area contributed by atoms with E-state index in [2.05, 4.69) is 10.3 Å². The van der Waals surface area contributed by atoms with E-state index in [0.29, 0.717) is 23.4 Å². The van der Waals surface area contributed by atoms with Crippen LogP contribution >= 0.6 is 11.3 Å². The SMILES string of the molecule is CCCCN(C(=O)OC(C)(C)C)c1ccc(C(=O)Nc2ncc([N+](=O)[O-])s2)c(-c2ccccc2)c1. The average Bonchev–Trinajstić information content (AvgIpc) is 3.27. The van der Waals surface area contributed by atoms with Crippen LogP contribution in [-0.2, 0) is 4.74 Å². The van der Waals surface area contributed by atoms with Crippen LogP contribution in [0.4, 0.5) is 20.6 Å². The number of thiazole rings is 1. The van der Waals surface area contributed by atoms with Gasteiger partial charge in [0, 0.05) is 17.8 Å². The Labute approximate surface area is 207 Å². The van der Waals surface area contributed by atoms with E-state index < -0.39 is 22.5 Å². The number of aromatic nitrogens is 1. The minimum atomic E-state index is -0.653. The molecule has 2 aromatic carbocycles. The standard InChI is InChI=1S/C25H28N4O5S/c1-5-6-14-28(24(31)34-25(2,3)4)18-12-13-19(20(15-18)17-10-8-7-9-11-17)22(30)27-23-26-16-21(35-23)29(32)33/h7-13,15-16H,5-6,14H2,1-4H3,(H,26,27,30). The molecule has 0 spiro atoms. The number of benzene rings is 2. The Balaban J connectivity index is 2.01. The van der Waals surface area contributed by atoms with Gasteiger partial charge < -0.3 is 4.74 Å². The third-order valence-corrected chi connectivity index (χ3v) is 5.75. The molecule has 0 saturated heterocycles. The zero-order chi connectivity index (χ0) is 25.6. The third-order valence-electron chi connectivity index (χ3n) is 4.89. The lowest BCUT2D eigenvalue weighted by Crippen LogP contribution is -2.37. The number of carbonyl (C=O) groups excluding carboxylic acids is 2. The van der Waals surface area contributed by atoms with Crippen molar-refractivity contribution in [2.75, 3.05) is 16.8 Å². The zero-order valence-corrected chi connectivity index (χ0v) is 20.9. The highest BCUT2D eigenvalue weighted by atomic mass is 32.1. The van der Waals surface area contributed by atoms with Gasteiger partial charge in [-0.25, -0.2) is 9.78 Å². The van der Waals surface area contributed by atoms with Crippen LogP contribution in [-0.4, -0.2) is 34.1 Å². The van der Waals surface area contributed by atoms with E-state index >= 15 is 0 Å². The Hall–Kier alpha value is -3.79. The number of anilines is 2. The second-order valence-corrected chi connectivity index (χ2v) is 9.81. The molecule has 0 bridgehead atoms. The van der Waals surface area contributed by atoms with Gasteiger partial charge >= 0.3 is 11.1 Å². The number of nitrogens with one attached hydrogen (secondary N) is 1. The molecule has 1 aromatic heterocycles. The van der Waals surface area contributed by atoms with Crippen LogP contribution in [0.1, 0.15) is 50.9 Å². The Morgan fingerprint density at radius 2 is 1.89 bits per heavy atom. The summed E-state index contributed by atoms with van der Waals surface area (Å²) in [6.07, 6.45) is 2.32. The topological polar surface area (TPSA) is 115 Å². The minimum Gasteiger partial charge on any atom is -0.443 e. The summed E-state index contributed by atoms with van der Waals surface area (Å²) in [6.45, 7) is 7.95. The molecule has 0 radical (unpaired) electrons. The summed E-state index contributed by atoms with van der Waals surface area (Å²) < 4.78 is 5.62. The lowest BCUT2D eigenvalue weighted by molar-refractivity contribution is -0.380. The number of nitro groups is 1. The van der Waals surface area contributed by atoms with E-state index in [1.165, 1.54) is 0 Å². The fraction of sp³-hybridized carbons (Fsp3) is 0.320. The monoisotopic (exact) mass is 496 g/mol. The molecule has 3 rings (SSSR count). The molecule has 1 N–H and O–H groups in total. The van der Waals surface area contributed by atoms with Crippen LogP contribution in [0.15, 0.2) is 54.7 Å². The molecular weight excluding hydrogens is 468 g/mol. The van der Waals surface area contributed by atoms with Crippen LogP contribution in [0.25, 0.3) is 11.1 Å². The first-order valence-electron chi connectivity index (χ1n) is 11.2. The molecular formula is C25H28N4O5S. The van der Waals surface area contributed by atoms with Crippen molar-refractivity contribution in [3.63, 3.8) is 0 Å². The molecule has 0 aliphatic rings. The maximum atomic E-state index is 13.1. The van der Waals surface area contributed by atoms with Crippen molar-refractivity contribution in [2.24, 2.45) is 0 Å². The molecule has 0 unspecified atom stereocenters. The van der Waals surface area contributed by atoms with E-state index in [4.69, 9.17) is 4.74 Å². The summed E-state index contributed by atoms with van der Waals surface area (Å²) in [5.41, 5.74) is 1.69. The Kier molecular flexibility index (Phi) is 8.18. The Morgan fingerprint density at radius 3 is 2.49 bits per heavy atom. The molecule has 0 saturated carbocycles. The number of hydrogen-bond donors (Lipinski definition) is 1. The van der Waals surface area contributed by atoms with E-state index in [1.807, 2.05) is 58.0 Å². The maximum absolute atomic E-state index is 13.1. The van der Waals surface area contributed by atoms with E-state index in [-0.39, 0.29) is 10.1 Å². The molecule has 9 nitrogen and oxygen atoms in total. The normalized spacial score (nSPS) is 11.1. The largest absolute Gasteiger partial charge is 0.443 e. The zero-order valence-electron chi connectivity index (χ0n) is 20.1. The summed E-state index contributed by atoms with van der Waals surface area (Å²) >= 11 is 0.780. The van der Waals surface area contributed by atoms with E-state index in [9.17, 15) is 19.7 Å². The number of rotatable bonds is 8. The van der Waals surface area contributed by atoms with Crippen molar-refractivity contribution in [3.05, 3.63) is 70.4 Å². The second kappa shape index (κ2) is 11.1. The van der Waals surface area contributed by atoms with Crippen molar-refractivity contribution in [3.8, 4) is 11.1 Å². The Morgan fingerprint density at radius 1 is 1.17 bits per heavy atom. The van der Waals surface area contributed by atoms with Crippen LogP contribution < -0.4 is 10.2 Å². The highest BCUT2D eigenvalue weighted by molar-refractivity contribution is 7.18. The smallest absolute Gasteiger partial charge is 0.414 e. The van der Waals surface area contributed by atoms with Gasteiger partial charge in [-0.1, -0.05) is 43.7 Å². The summed E-state index contributed by atoms with van der Waals surface area (Å²) in [5.74, 6) is -0.461. The first-order valence-corrected chi connectivity index (χ1v) is 12.0. The van der Waals surface area contributed by atoms with Crippen molar-refractivity contribution in [1.29, 1.82) is 0 Å². The van der Waals surface area contributed by atoms with Crippen LogP contribution in [0.2, 0.25) is 0 Å². The second-order valence-electron chi connectivity index (χ2n) is 8.80. The summed E-state index contributed by atoms with van der Waals surface area (Å²) in [7, 11) is 0. The molecule has 0 atom stereocenters. The summed E-state index contributed by atoms with van der Waals surface area (Å²) in [5, 5.41) is 13.6. The fourth-order valence-corrected chi connectivity index (χ4v) is 3.91. The molecule has 0 aliphatic heterocycles. The van der Waals surface area contributed by atoms with E-state index in [0.717, 1.165) is 35.9 Å². The highest BCUT2D eigenvalue weighted by Crippen LogP contribution is 2.31. The molecule has 2 amide bonds. The Bertz CT molecular complexity index is 1200. The van der Waals surface area contributed by atoms with Gasteiger partial charge in [-0.05, 0) is 67.9 Å². The number of amides is 2. The van der Waals surface area contributed by atoms with Gasteiger partial charge in [-0.3, -0.25) is 25.1 Å². The van der Waals surface area contributed by atoms with Crippen LogP contribution in [0.5, 0.6) is 0 Å². The molecule has 1 heterocycles. The lowest BCUT2D eigenvalue weighted by atomic mass is 9.98. The third kappa shape index (κ3) is 6.86. The van der Waals surface area contributed by atoms with Gasteiger partial charge in [0.25, 0.3) is 5.91 Å². The molecule has 3 aromatic rings. The van der Waals surface area contributed by atoms with Gasteiger partial charge in [0.15, 0.2) is 5.13 Å². The predicted octanol–water partition coefficient (Wildman–Crippen LogP) is 6.51. The summed E-state index contributed by atoms with van der Waals surface area (Å²) in [4.78, 5) is 42.0. The maximum Gasteiger partial charge on any atom is 0.414 e. The molecule has 0 fully saturated rings. The van der Waals surface area contributed by atoms with Crippen molar-refractivity contribution in [1.82, 2.24) is 4.98 Å². The molecule has 35 heavy (non-hydrogen) atoms. The minimum absolute atomic E-state index is 0.128.